The summed E-state index contributed by atoms with van der Waals surface area (Å²) in [5, 5.41) is 10.7. The molecule has 1 unspecified atom stereocenters. The maximum absolute atomic E-state index is 12.5. The van der Waals surface area contributed by atoms with Crippen molar-refractivity contribution in [3.05, 3.63) is 28.8 Å². The van der Waals surface area contributed by atoms with Gasteiger partial charge in [0.2, 0.25) is 0 Å². The molecule has 9 heteroatoms. The predicted octanol–water partition coefficient (Wildman–Crippen LogP) is 3.30. The molecule has 1 aromatic carbocycles. The van der Waals surface area contributed by atoms with Crippen molar-refractivity contribution in [2.45, 2.75) is 19.1 Å². The number of carboxylic acids is 1. The van der Waals surface area contributed by atoms with Crippen LogP contribution in [0.2, 0.25) is 5.02 Å². The van der Waals surface area contributed by atoms with E-state index in [1.54, 1.807) is 0 Å². The van der Waals surface area contributed by atoms with Gasteiger partial charge in [-0.25, -0.2) is 9.59 Å². The molecule has 0 aliphatic heterocycles. The van der Waals surface area contributed by atoms with E-state index in [1.807, 2.05) is 0 Å². The van der Waals surface area contributed by atoms with Gasteiger partial charge in [-0.05, 0) is 25.1 Å². The molecule has 2 N–H and O–H groups in total. The Morgan fingerprint density at radius 1 is 1.38 bits per heavy atom. The number of rotatable bonds is 3. The number of hydrogen-bond acceptors (Lipinski definition) is 2. The van der Waals surface area contributed by atoms with Gasteiger partial charge in [-0.15, -0.1) is 0 Å². The summed E-state index contributed by atoms with van der Waals surface area (Å²) in [6.07, 6.45) is -4.54. The van der Waals surface area contributed by atoms with Crippen LogP contribution in [0, 0.1) is 0 Å². The number of carbonyl (C=O) groups is 2. The monoisotopic (exact) mass is 324 g/mol. The summed E-state index contributed by atoms with van der Waals surface area (Å²) in [7, 11) is 1.24. The van der Waals surface area contributed by atoms with E-state index >= 15 is 0 Å². The summed E-state index contributed by atoms with van der Waals surface area (Å²) in [6.45, 7) is 1.29. The summed E-state index contributed by atoms with van der Waals surface area (Å²) in [6, 6.07) is 0.548. The first-order valence-electron chi connectivity index (χ1n) is 5.67. The van der Waals surface area contributed by atoms with Gasteiger partial charge >= 0.3 is 18.2 Å². The summed E-state index contributed by atoms with van der Waals surface area (Å²) < 4.78 is 37.4. The fourth-order valence-electron chi connectivity index (χ4n) is 1.34. The second kappa shape index (κ2) is 6.21. The second-order valence-corrected chi connectivity index (χ2v) is 4.65. The molecule has 1 aromatic rings. The van der Waals surface area contributed by atoms with Crippen LogP contribution < -0.4 is 5.32 Å². The molecule has 2 amide bonds. The zero-order valence-corrected chi connectivity index (χ0v) is 11.8. The lowest BCUT2D eigenvalue weighted by atomic mass is 10.2. The van der Waals surface area contributed by atoms with E-state index in [-0.39, 0.29) is 10.7 Å². The Bertz CT molecular complexity index is 563. The van der Waals surface area contributed by atoms with Gasteiger partial charge in [0.25, 0.3) is 0 Å². The van der Waals surface area contributed by atoms with Crippen LogP contribution in [0.4, 0.5) is 23.7 Å². The Labute approximate surface area is 123 Å². The first-order valence-corrected chi connectivity index (χ1v) is 6.05. The van der Waals surface area contributed by atoms with Crippen LogP contribution in [0.3, 0.4) is 0 Å². The summed E-state index contributed by atoms with van der Waals surface area (Å²) in [5.41, 5.74) is -0.989. The number of anilines is 1. The second-order valence-electron chi connectivity index (χ2n) is 4.25. The lowest BCUT2D eigenvalue weighted by Crippen LogP contribution is -2.42. The molecule has 0 aliphatic carbocycles. The molecule has 0 bridgehead atoms. The third-order valence-corrected chi connectivity index (χ3v) is 3.11. The average molecular weight is 325 g/mol. The lowest BCUT2D eigenvalue weighted by molar-refractivity contribution is -0.141. The highest BCUT2D eigenvalue weighted by Crippen LogP contribution is 2.33. The van der Waals surface area contributed by atoms with Crippen LogP contribution in [-0.2, 0) is 11.0 Å². The maximum atomic E-state index is 12.5. The number of aliphatic carboxylic acids is 1. The standard InChI is InChI=1S/C12H12ClF3N2O3/c1-6(10(19)20)18(2)11(21)17-9-4-3-7(5-8(9)13)12(14,15)16/h3-6H,1-2H3,(H,17,21)(H,19,20). The molecular formula is C12H12ClF3N2O3. The smallest absolute Gasteiger partial charge is 0.416 e. The summed E-state index contributed by atoms with van der Waals surface area (Å²) >= 11 is 5.68. The van der Waals surface area contributed by atoms with Gasteiger partial charge in [0.15, 0.2) is 0 Å². The zero-order chi connectivity index (χ0) is 16.4. The largest absolute Gasteiger partial charge is 0.480 e. The Morgan fingerprint density at radius 3 is 2.38 bits per heavy atom. The topological polar surface area (TPSA) is 69.6 Å². The van der Waals surface area contributed by atoms with Gasteiger partial charge in [-0.3, -0.25) is 0 Å². The molecule has 1 rings (SSSR count). The number of alkyl halides is 3. The molecule has 0 aromatic heterocycles. The first-order chi connectivity index (χ1) is 9.54. The minimum absolute atomic E-state index is 0.0425. The van der Waals surface area contributed by atoms with E-state index in [9.17, 15) is 22.8 Å². The third-order valence-electron chi connectivity index (χ3n) is 2.80. The lowest BCUT2D eigenvalue weighted by Gasteiger charge is -2.22. The molecular weight excluding hydrogens is 313 g/mol. The van der Waals surface area contributed by atoms with Crippen LogP contribution in [0.5, 0.6) is 0 Å². The van der Waals surface area contributed by atoms with Crippen LogP contribution in [0.25, 0.3) is 0 Å². The number of nitrogens with one attached hydrogen (secondary N) is 1. The van der Waals surface area contributed by atoms with Crippen LogP contribution >= 0.6 is 11.6 Å². The molecule has 116 valence electrons. The number of carboxylic acid groups (broad SMARTS) is 1. The zero-order valence-electron chi connectivity index (χ0n) is 11.0. The van der Waals surface area contributed by atoms with Gasteiger partial charge in [0.1, 0.15) is 6.04 Å². The van der Waals surface area contributed by atoms with Crippen molar-refractivity contribution in [2.24, 2.45) is 0 Å². The highest BCUT2D eigenvalue weighted by molar-refractivity contribution is 6.33. The highest BCUT2D eigenvalue weighted by atomic mass is 35.5. The molecule has 1 atom stereocenters. The molecule has 5 nitrogen and oxygen atoms in total. The number of urea groups is 1. The van der Waals surface area contributed by atoms with Gasteiger partial charge in [-0.1, -0.05) is 11.6 Å². The van der Waals surface area contributed by atoms with E-state index in [1.165, 1.54) is 14.0 Å². The molecule has 0 heterocycles. The number of hydrogen-bond donors (Lipinski definition) is 2. The first kappa shape index (κ1) is 17.1. The van der Waals surface area contributed by atoms with Gasteiger partial charge < -0.3 is 15.3 Å². The van der Waals surface area contributed by atoms with Crippen LogP contribution in [0.15, 0.2) is 18.2 Å². The Morgan fingerprint density at radius 2 is 1.95 bits per heavy atom. The van der Waals surface area contributed by atoms with E-state index in [0.717, 1.165) is 17.0 Å². The molecule has 0 saturated heterocycles. The van der Waals surface area contributed by atoms with E-state index in [2.05, 4.69) is 5.32 Å². The Kier molecular flexibility index (Phi) is 5.06. The van der Waals surface area contributed by atoms with E-state index in [0.29, 0.717) is 6.07 Å². The van der Waals surface area contributed by atoms with Crippen molar-refractivity contribution in [1.29, 1.82) is 0 Å². The quantitative estimate of drug-likeness (QED) is 0.896. The molecule has 0 radical (unpaired) electrons. The molecule has 0 saturated carbocycles. The van der Waals surface area contributed by atoms with Crippen molar-refractivity contribution < 1.29 is 27.9 Å². The number of nitrogens with zero attached hydrogens (tertiary/aromatic N) is 1. The van der Waals surface area contributed by atoms with Gasteiger partial charge in [-0.2, -0.15) is 13.2 Å². The molecule has 0 fully saturated rings. The molecule has 0 aliphatic rings. The van der Waals surface area contributed by atoms with Crippen molar-refractivity contribution in [1.82, 2.24) is 4.90 Å². The SMILES string of the molecule is CC(C(=O)O)N(C)C(=O)Nc1ccc(C(F)(F)F)cc1Cl. The molecule has 21 heavy (non-hydrogen) atoms. The summed E-state index contributed by atoms with van der Waals surface area (Å²) in [5.74, 6) is -1.22. The minimum Gasteiger partial charge on any atom is -0.480 e. The highest BCUT2D eigenvalue weighted by Gasteiger charge is 2.31. The number of benzene rings is 1. The number of carbonyl (C=O) groups excluding carboxylic acids is 1. The third kappa shape index (κ3) is 4.25. The normalized spacial score (nSPS) is 12.7. The fourth-order valence-corrected chi connectivity index (χ4v) is 1.57. The van der Waals surface area contributed by atoms with Crippen molar-refractivity contribution in [3.8, 4) is 0 Å². The number of likely N-dealkylation sites (N-methyl/N-ethyl adjacent to an activating group) is 1. The van der Waals surface area contributed by atoms with Gasteiger partial charge in [0.05, 0.1) is 16.3 Å². The van der Waals surface area contributed by atoms with Crippen LogP contribution in [0.1, 0.15) is 12.5 Å². The average Bonchev–Trinajstić information content (AvgIpc) is 2.37. The van der Waals surface area contributed by atoms with Crippen molar-refractivity contribution in [2.75, 3.05) is 12.4 Å². The van der Waals surface area contributed by atoms with Crippen molar-refractivity contribution in [3.63, 3.8) is 0 Å². The molecule has 0 spiro atoms. The van der Waals surface area contributed by atoms with E-state index in [4.69, 9.17) is 16.7 Å². The number of halogens is 4. The fraction of sp³-hybridized carbons (Fsp3) is 0.333. The van der Waals surface area contributed by atoms with Crippen LogP contribution in [-0.4, -0.2) is 35.1 Å². The Hall–Kier alpha value is -1.96. The number of amides is 2. The predicted molar refractivity (Wildman–Crippen MR) is 70.3 cm³/mol. The Balaban J connectivity index is 2.89. The maximum Gasteiger partial charge on any atom is 0.416 e. The summed E-state index contributed by atoms with van der Waals surface area (Å²) in [4.78, 5) is 23.4. The van der Waals surface area contributed by atoms with E-state index < -0.39 is 29.8 Å². The minimum atomic E-state index is -4.54. The van der Waals surface area contributed by atoms with Gasteiger partial charge in [0, 0.05) is 7.05 Å². The van der Waals surface area contributed by atoms with Crippen molar-refractivity contribution >= 4 is 29.3 Å².